The molecule has 0 unspecified atom stereocenters. The fraction of sp³-hybridized carbons (Fsp3) is 0.200. The minimum Gasteiger partial charge on any atom is -0.495 e. The maximum Gasteiger partial charge on any atom is 0.267 e. The molecule has 0 aliphatic rings. The molecule has 0 fully saturated rings. The van der Waals surface area contributed by atoms with Crippen molar-refractivity contribution in [3.05, 3.63) is 21.6 Å². The number of halogens is 1. The Morgan fingerprint density at radius 2 is 2.10 bits per heavy atom. The quantitative estimate of drug-likeness (QED) is 0.787. The van der Waals surface area contributed by atoms with Gasteiger partial charge in [0.25, 0.3) is 10.0 Å². The number of nitrogens with two attached hydrogens (primary N) is 1. The van der Waals surface area contributed by atoms with Gasteiger partial charge in [0, 0.05) is 10.2 Å². The summed E-state index contributed by atoms with van der Waals surface area (Å²) < 4.78 is 32.6. The molecule has 2 aromatic rings. The van der Waals surface area contributed by atoms with Crippen molar-refractivity contribution in [3.63, 3.8) is 0 Å². The molecule has 20 heavy (non-hydrogen) atoms. The average Bonchev–Trinajstić information content (AvgIpc) is 2.76. The zero-order valence-corrected chi connectivity index (χ0v) is 13.8. The SMILES string of the molecule is COc1cc(Br)c(N)cc1S(=O)(=O)Nc1nnc(C)s1. The number of hydrogen-bond donors (Lipinski definition) is 2. The molecule has 0 aliphatic heterocycles. The zero-order chi connectivity index (χ0) is 14.9. The van der Waals surface area contributed by atoms with E-state index in [2.05, 4.69) is 30.8 Å². The highest BCUT2D eigenvalue weighted by atomic mass is 79.9. The molecule has 0 aliphatic carbocycles. The van der Waals surface area contributed by atoms with Crippen LogP contribution in [0.1, 0.15) is 5.01 Å². The van der Waals surface area contributed by atoms with Gasteiger partial charge in [-0.25, -0.2) is 8.42 Å². The molecule has 7 nitrogen and oxygen atoms in total. The van der Waals surface area contributed by atoms with E-state index >= 15 is 0 Å². The number of hydrogen-bond acceptors (Lipinski definition) is 7. The van der Waals surface area contributed by atoms with Crippen molar-refractivity contribution in [1.29, 1.82) is 0 Å². The van der Waals surface area contributed by atoms with E-state index in [1.807, 2.05) is 0 Å². The third-order valence-corrected chi connectivity index (χ3v) is 5.25. The fourth-order valence-corrected chi connectivity index (χ4v) is 3.76. The van der Waals surface area contributed by atoms with Crippen LogP contribution in [0, 0.1) is 6.92 Å². The predicted octanol–water partition coefficient (Wildman–Crippen LogP) is 2.00. The fourth-order valence-electron chi connectivity index (χ4n) is 1.43. The van der Waals surface area contributed by atoms with E-state index in [0.717, 1.165) is 11.3 Å². The molecule has 0 saturated carbocycles. The summed E-state index contributed by atoms with van der Waals surface area (Å²) in [5, 5.41) is 8.31. The first-order valence-electron chi connectivity index (χ1n) is 5.29. The Hall–Kier alpha value is -1.39. The molecule has 0 radical (unpaired) electrons. The number of rotatable bonds is 4. The van der Waals surface area contributed by atoms with Gasteiger partial charge in [-0.3, -0.25) is 4.72 Å². The number of nitrogens with zero attached hydrogens (tertiary/aromatic N) is 2. The van der Waals surface area contributed by atoms with Crippen molar-refractivity contribution < 1.29 is 13.2 Å². The topological polar surface area (TPSA) is 107 Å². The standard InChI is InChI=1S/C10H11BrN4O3S2/c1-5-13-14-10(19-5)15-20(16,17)9-4-7(12)6(11)3-8(9)18-2/h3-4H,12H2,1-2H3,(H,14,15). The molecule has 108 valence electrons. The van der Waals surface area contributed by atoms with Gasteiger partial charge in [0.2, 0.25) is 5.13 Å². The Labute approximate surface area is 128 Å². The lowest BCUT2D eigenvalue weighted by Crippen LogP contribution is -2.14. The van der Waals surface area contributed by atoms with E-state index in [1.165, 1.54) is 19.2 Å². The van der Waals surface area contributed by atoms with Crippen molar-refractivity contribution in [3.8, 4) is 5.75 Å². The minimum atomic E-state index is -3.85. The van der Waals surface area contributed by atoms with Crippen molar-refractivity contribution in [2.24, 2.45) is 0 Å². The van der Waals surface area contributed by atoms with E-state index in [9.17, 15) is 8.42 Å². The molecule has 1 aromatic heterocycles. The molecule has 0 saturated heterocycles. The van der Waals surface area contributed by atoms with E-state index in [0.29, 0.717) is 15.2 Å². The summed E-state index contributed by atoms with van der Waals surface area (Å²) in [6.07, 6.45) is 0. The van der Waals surface area contributed by atoms with Crippen LogP contribution in [-0.4, -0.2) is 25.7 Å². The van der Waals surface area contributed by atoms with E-state index in [1.54, 1.807) is 6.92 Å². The summed E-state index contributed by atoms with van der Waals surface area (Å²) in [7, 11) is -2.47. The maximum atomic E-state index is 12.3. The highest BCUT2D eigenvalue weighted by Gasteiger charge is 2.22. The normalized spacial score (nSPS) is 11.3. The summed E-state index contributed by atoms with van der Waals surface area (Å²) in [5.41, 5.74) is 6.01. The summed E-state index contributed by atoms with van der Waals surface area (Å²) in [6.45, 7) is 1.73. The molecule has 3 N–H and O–H groups in total. The van der Waals surface area contributed by atoms with Gasteiger partial charge < -0.3 is 10.5 Å². The first-order chi connectivity index (χ1) is 9.33. The number of sulfonamides is 1. The van der Waals surface area contributed by atoms with Crippen LogP contribution < -0.4 is 15.2 Å². The third kappa shape index (κ3) is 3.02. The van der Waals surface area contributed by atoms with E-state index in [-0.39, 0.29) is 15.8 Å². The number of nitrogen functional groups attached to an aromatic ring is 1. The highest BCUT2D eigenvalue weighted by Crippen LogP contribution is 2.33. The molecule has 0 amide bonds. The number of methoxy groups -OCH3 is 1. The van der Waals surface area contributed by atoms with Crippen molar-refractivity contribution >= 4 is 48.1 Å². The van der Waals surface area contributed by atoms with Crippen LogP contribution in [0.3, 0.4) is 0 Å². The van der Waals surface area contributed by atoms with Gasteiger partial charge in [-0.1, -0.05) is 11.3 Å². The Morgan fingerprint density at radius 1 is 1.40 bits per heavy atom. The summed E-state index contributed by atoms with van der Waals surface area (Å²) in [6, 6.07) is 2.81. The van der Waals surface area contributed by atoms with Gasteiger partial charge in [-0.2, -0.15) is 0 Å². The van der Waals surface area contributed by atoms with Gasteiger partial charge in [0.1, 0.15) is 15.7 Å². The number of aryl methyl sites for hydroxylation is 1. The van der Waals surface area contributed by atoms with Gasteiger partial charge in [-0.05, 0) is 35.0 Å². The van der Waals surface area contributed by atoms with Crippen LogP contribution in [0.4, 0.5) is 10.8 Å². The first kappa shape index (κ1) is 15.0. The zero-order valence-electron chi connectivity index (χ0n) is 10.5. The predicted molar refractivity (Wildman–Crippen MR) is 80.6 cm³/mol. The van der Waals surface area contributed by atoms with Gasteiger partial charge in [0.05, 0.1) is 7.11 Å². The number of benzene rings is 1. The lowest BCUT2D eigenvalue weighted by molar-refractivity contribution is 0.402. The third-order valence-electron chi connectivity index (χ3n) is 2.32. The van der Waals surface area contributed by atoms with Crippen LogP contribution in [0.25, 0.3) is 0 Å². The number of nitrogens with one attached hydrogen (secondary N) is 1. The first-order valence-corrected chi connectivity index (χ1v) is 8.38. The Balaban J connectivity index is 2.46. The molecule has 1 aromatic carbocycles. The van der Waals surface area contributed by atoms with Crippen LogP contribution >= 0.6 is 27.3 Å². The Bertz CT molecular complexity index is 745. The summed E-state index contributed by atoms with van der Waals surface area (Å²) in [4.78, 5) is -0.0615. The van der Waals surface area contributed by atoms with Gasteiger partial charge >= 0.3 is 0 Å². The van der Waals surface area contributed by atoms with Crippen LogP contribution in [0.2, 0.25) is 0 Å². The Morgan fingerprint density at radius 3 is 2.65 bits per heavy atom. The molecule has 0 spiro atoms. The second-order valence-electron chi connectivity index (χ2n) is 3.76. The second-order valence-corrected chi connectivity index (χ2v) is 7.44. The average molecular weight is 379 g/mol. The molecule has 10 heteroatoms. The summed E-state index contributed by atoms with van der Waals surface area (Å²) >= 11 is 4.35. The minimum absolute atomic E-state index is 0.0615. The van der Waals surface area contributed by atoms with Gasteiger partial charge in [-0.15, -0.1) is 10.2 Å². The Kier molecular flexibility index (Phi) is 4.16. The van der Waals surface area contributed by atoms with Crippen LogP contribution in [0.5, 0.6) is 5.75 Å². The molecular weight excluding hydrogens is 368 g/mol. The van der Waals surface area contributed by atoms with Gasteiger partial charge in [0.15, 0.2) is 0 Å². The van der Waals surface area contributed by atoms with E-state index < -0.39 is 10.0 Å². The van der Waals surface area contributed by atoms with Crippen molar-refractivity contribution in [2.75, 3.05) is 17.6 Å². The number of ether oxygens (including phenoxy) is 1. The smallest absolute Gasteiger partial charge is 0.267 e. The second kappa shape index (κ2) is 5.54. The van der Waals surface area contributed by atoms with Crippen molar-refractivity contribution in [1.82, 2.24) is 10.2 Å². The molecule has 1 heterocycles. The lowest BCUT2D eigenvalue weighted by atomic mass is 10.3. The number of anilines is 2. The number of aromatic nitrogens is 2. The van der Waals surface area contributed by atoms with E-state index in [4.69, 9.17) is 10.5 Å². The lowest BCUT2D eigenvalue weighted by Gasteiger charge is -2.11. The maximum absolute atomic E-state index is 12.3. The molecule has 0 atom stereocenters. The molecular formula is C10H11BrN4O3S2. The largest absolute Gasteiger partial charge is 0.495 e. The molecule has 0 bridgehead atoms. The summed E-state index contributed by atoms with van der Waals surface area (Å²) in [5.74, 6) is 0.180. The molecule has 2 rings (SSSR count). The highest BCUT2D eigenvalue weighted by molar-refractivity contribution is 9.10. The van der Waals surface area contributed by atoms with Crippen LogP contribution in [0.15, 0.2) is 21.5 Å². The monoisotopic (exact) mass is 378 g/mol. The van der Waals surface area contributed by atoms with Crippen LogP contribution in [-0.2, 0) is 10.0 Å². The van der Waals surface area contributed by atoms with Crippen molar-refractivity contribution in [2.45, 2.75) is 11.8 Å².